The van der Waals surface area contributed by atoms with Gasteiger partial charge in [-0.05, 0) is 90.3 Å². The highest BCUT2D eigenvalue weighted by molar-refractivity contribution is 5.80. The lowest BCUT2D eigenvalue weighted by molar-refractivity contribution is 0.581. The van der Waals surface area contributed by atoms with E-state index in [2.05, 4.69) is 115 Å². The molecule has 0 radical (unpaired) electrons. The number of rotatable bonds is 5. The lowest BCUT2D eigenvalue weighted by Crippen LogP contribution is -2.09. The van der Waals surface area contributed by atoms with Crippen LogP contribution >= 0.6 is 0 Å². The van der Waals surface area contributed by atoms with Gasteiger partial charge < -0.3 is 4.90 Å². The van der Waals surface area contributed by atoms with Crippen molar-refractivity contribution >= 4 is 17.1 Å². The number of anilines is 3. The molecule has 0 aliphatic heterocycles. The minimum Gasteiger partial charge on any atom is -0.310 e. The average molecular weight is 418 g/mol. The van der Waals surface area contributed by atoms with Crippen LogP contribution in [0, 0.1) is 0 Å². The standard InChI is InChI=1S/C31H31N/c1-2-24-12-9-10-13-25-20-21-27(23-31(24)25)26-14-11-19-30(22-26)32(28-15-5-3-6-16-28)29-17-7-4-8-18-29/h3-8,11,14-24H,2,9-10,12-13H2,1H3. The summed E-state index contributed by atoms with van der Waals surface area (Å²) < 4.78 is 0. The van der Waals surface area contributed by atoms with Crippen molar-refractivity contribution in [3.05, 3.63) is 114 Å². The van der Waals surface area contributed by atoms with Crippen molar-refractivity contribution in [1.29, 1.82) is 0 Å². The number of fused-ring (bicyclic) bond motifs is 1. The Labute approximate surface area is 192 Å². The molecule has 0 aromatic heterocycles. The molecule has 0 spiro atoms. The van der Waals surface area contributed by atoms with E-state index in [9.17, 15) is 0 Å². The largest absolute Gasteiger partial charge is 0.310 e. The topological polar surface area (TPSA) is 3.24 Å². The number of aryl methyl sites for hydroxylation is 1. The van der Waals surface area contributed by atoms with Gasteiger partial charge in [-0.15, -0.1) is 0 Å². The van der Waals surface area contributed by atoms with E-state index >= 15 is 0 Å². The van der Waals surface area contributed by atoms with Crippen LogP contribution in [0.5, 0.6) is 0 Å². The molecule has 1 aliphatic rings. The summed E-state index contributed by atoms with van der Waals surface area (Å²) in [6.07, 6.45) is 6.44. The summed E-state index contributed by atoms with van der Waals surface area (Å²) in [5.74, 6) is 0.695. The molecule has 0 fully saturated rings. The van der Waals surface area contributed by atoms with Crippen molar-refractivity contribution in [2.75, 3.05) is 4.90 Å². The van der Waals surface area contributed by atoms with E-state index < -0.39 is 0 Å². The second-order valence-electron chi connectivity index (χ2n) is 8.82. The number of nitrogens with zero attached hydrogens (tertiary/aromatic N) is 1. The monoisotopic (exact) mass is 417 g/mol. The molecule has 0 N–H and O–H groups in total. The molecule has 1 atom stereocenters. The Kier molecular flexibility index (Phi) is 6.07. The third-order valence-electron chi connectivity index (χ3n) is 6.79. The van der Waals surface area contributed by atoms with Crippen LogP contribution in [0.4, 0.5) is 17.1 Å². The maximum absolute atomic E-state index is 2.48. The molecule has 32 heavy (non-hydrogen) atoms. The summed E-state index contributed by atoms with van der Waals surface area (Å²) in [4.78, 5) is 2.34. The predicted octanol–water partition coefficient (Wildman–Crippen LogP) is 9.04. The van der Waals surface area contributed by atoms with Gasteiger partial charge in [-0.2, -0.15) is 0 Å². The Hall–Kier alpha value is -3.32. The minimum atomic E-state index is 0.695. The van der Waals surface area contributed by atoms with Gasteiger partial charge in [-0.25, -0.2) is 0 Å². The van der Waals surface area contributed by atoms with Crippen LogP contribution < -0.4 is 4.90 Å². The molecule has 0 amide bonds. The van der Waals surface area contributed by atoms with Crippen LogP contribution in [0.3, 0.4) is 0 Å². The maximum atomic E-state index is 2.48. The van der Waals surface area contributed by atoms with E-state index in [4.69, 9.17) is 0 Å². The molecule has 4 aromatic carbocycles. The highest BCUT2D eigenvalue weighted by Gasteiger charge is 2.18. The zero-order chi connectivity index (χ0) is 21.8. The average Bonchev–Trinajstić information content (AvgIpc) is 3.07. The van der Waals surface area contributed by atoms with Gasteiger partial charge in [0.25, 0.3) is 0 Å². The van der Waals surface area contributed by atoms with Crippen LogP contribution in [-0.4, -0.2) is 0 Å². The van der Waals surface area contributed by atoms with Gasteiger partial charge in [-0.3, -0.25) is 0 Å². The summed E-state index contributed by atoms with van der Waals surface area (Å²) in [6, 6.07) is 37.4. The molecule has 1 unspecified atom stereocenters. The number of para-hydroxylation sites is 2. The minimum absolute atomic E-state index is 0.695. The summed E-state index contributed by atoms with van der Waals surface area (Å²) in [5, 5.41) is 0. The normalized spacial score (nSPS) is 15.6. The van der Waals surface area contributed by atoms with E-state index in [0.717, 1.165) is 0 Å². The van der Waals surface area contributed by atoms with Gasteiger partial charge in [0.2, 0.25) is 0 Å². The van der Waals surface area contributed by atoms with Crippen LogP contribution in [-0.2, 0) is 6.42 Å². The number of hydrogen-bond donors (Lipinski definition) is 0. The first kappa shape index (κ1) is 20.6. The fourth-order valence-electron chi connectivity index (χ4n) is 5.09. The van der Waals surface area contributed by atoms with Gasteiger partial charge >= 0.3 is 0 Å². The first-order valence-electron chi connectivity index (χ1n) is 12.0. The van der Waals surface area contributed by atoms with Crippen LogP contribution in [0.1, 0.15) is 49.7 Å². The number of benzene rings is 4. The Morgan fingerprint density at radius 2 is 1.31 bits per heavy atom. The van der Waals surface area contributed by atoms with Gasteiger partial charge in [0.15, 0.2) is 0 Å². The molecule has 0 bridgehead atoms. The maximum Gasteiger partial charge on any atom is 0.0467 e. The SMILES string of the molecule is CCC1CCCCc2ccc(-c3cccc(N(c4ccccc4)c4ccccc4)c3)cc21. The third-order valence-corrected chi connectivity index (χ3v) is 6.79. The highest BCUT2D eigenvalue weighted by atomic mass is 15.1. The summed E-state index contributed by atoms with van der Waals surface area (Å²) in [7, 11) is 0. The van der Waals surface area contributed by atoms with Crippen molar-refractivity contribution in [2.45, 2.75) is 44.9 Å². The van der Waals surface area contributed by atoms with Crippen molar-refractivity contribution < 1.29 is 0 Å². The Balaban J connectivity index is 1.58. The quantitative estimate of drug-likeness (QED) is 0.293. The zero-order valence-corrected chi connectivity index (χ0v) is 18.9. The second-order valence-corrected chi connectivity index (χ2v) is 8.82. The fourth-order valence-corrected chi connectivity index (χ4v) is 5.09. The van der Waals surface area contributed by atoms with Gasteiger partial charge in [0.05, 0.1) is 0 Å². The molecule has 1 nitrogen and oxygen atoms in total. The van der Waals surface area contributed by atoms with E-state index in [1.165, 1.54) is 60.3 Å². The van der Waals surface area contributed by atoms with Gasteiger partial charge in [0.1, 0.15) is 0 Å². The first-order valence-corrected chi connectivity index (χ1v) is 12.0. The third kappa shape index (κ3) is 4.21. The molecule has 4 aromatic rings. The lowest BCUT2D eigenvalue weighted by atomic mass is 9.88. The molecular formula is C31H31N. The molecule has 1 aliphatic carbocycles. The molecule has 0 saturated carbocycles. The van der Waals surface area contributed by atoms with Crippen molar-refractivity contribution in [1.82, 2.24) is 0 Å². The van der Waals surface area contributed by atoms with E-state index in [1.54, 1.807) is 11.1 Å². The predicted molar refractivity (Wildman–Crippen MR) is 137 cm³/mol. The van der Waals surface area contributed by atoms with E-state index in [0.29, 0.717) is 5.92 Å². The molecule has 5 rings (SSSR count). The molecule has 0 heterocycles. The zero-order valence-electron chi connectivity index (χ0n) is 18.9. The molecule has 160 valence electrons. The lowest BCUT2D eigenvalue weighted by Gasteiger charge is -2.26. The van der Waals surface area contributed by atoms with Gasteiger partial charge in [-0.1, -0.05) is 80.1 Å². The van der Waals surface area contributed by atoms with Crippen LogP contribution in [0.2, 0.25) is 0 Å². The summed E-state index contributed by atoms with van der Waals surface area (Å²) in [5.41, 5.74) is 9.27. The van der Waals surface area contributed by atoms with E-state index in [1.807, 2.05) is 0 Å². The molecule has 1 heteroatoms. The van der Waals surface area contributed by atoms with Crippen LogP contribution in [0.15, 0.2) is 103 Å². The second kappa shape index (κ2) is 9.44. The van der Waals surface area contributed by atoms with Gasteiger partial charge in [0, 0.05) is 17.1 Å². The summed E-state index contributed by atoms with van der Waals surface area (Å²) >= 11 is 0. The summed E-state index contributed by atoms with van der Waals surface area (Å²) in [6.45, 7) is 2.34. The van der Waals surface area contributed by atoms with E-state index in [-0.39, 0.29) is 0 Å². The van der Waals surface area contributed by atoms with Crippen molar-refractivity contribution in [3.8, 4) is 11.1 Å². The molecular weight excluding hydrogens is 386 g/mol. The smallest absolute Gasteiger partial charge is 0.0467 e. The Morgan fingerprint density at radius 3 is 2.00 bits per heavy atom. The fraction of sp³-hybridized carbons (Fsp3) is 0.226. The number of hydrogen-bond acceptors (Lipinski definition) is 1. The Bertz CT molecular complexity index is 1120. The van der Waals surface area contributed by atoms with Crippen molar-refractivity contribution in [3.63, 3.8) is 0 Å². The van der Waals surface area contributed by atoms with Crippen molar-refractivity contribution in [2.24, 2.45) is 0 Å². The molecule has 0 saturated heterocycles. The Morgan fingerprint density at radius 1 is 0.656 bits per heavy atom. The first-order chi connectivity index (χ1) is 15.8. The highest BCUT2D eigenvalue weighted by Crippen LogP contribution is 2.38. The van der Waals surface area contributed by atoms with Crippen LogP contribution in [0.25, 0.3) is 11.1 Å².